The molecule has 1 aliphatic rings. The van der Waals surface area contributed by atoms with Gasteiger partial charge in [0.1, 0.15) is 0 Å². The zero-order valence-electron chi connectivity index (χ0n) is 13.4. The molecule has 1 amide bonds. The highest BCUT2D eigenvalue weighted by molar-refractivity contribution is 8.28. The highest BCUT2D eigenvalue weighted by Gasteiger charge is 2.26. The summed E-state index contributed by atoms with van der Waals surface area (Å²) in [4.78, 5) is 24.6. The predicted molar refractivity (Wildman–Crippen MR) is 94.4 cm³/mol. The molecule has 1 aliphatic carbocycles. The Labute approximate surface area is 129 Å². The third-order valence-corrected chi connectivity index (χ3v) is 4.64. The summed E-state index contributed by atoms with van der Waals surface area (Å²) in [6.45, 7) is 0.618. The molecule has 21 heavy (non-hydrogen) atoms. The first-order valence-corrected chi connectivity index (χ1v) is 10.5. The zero-order chi connectivity index (χ0) is 15.9. The van der Waals surface area contributed by atoms with Crippen LogP contribution in [0.25, 0.3) is 0 Å². The molecule has 3 N–H and O–H groups in total. The summed E-state index contributed by atoms with van der Waals surface area (Å²) in [5, 5.41) is 4.67. The fourth-order valence-corrected chi connectivity index (χ4v) is 3.45. The molecule has 0 aromatic rings. The summed E-state index contributed by atoms with van der Waals surface area (Å²) >= 11 is 0. The summed E-state index contributed by atoms with van der Waals surface area (Å²) in [5.41, 5.74) is 5.51. The largest absolute Gasteiger partial charge is 0.346 e. The van der Waals surface area contributed by atoms with Gasteiger partial charge in [-0.1, -0.05) is 18.7 Å². The smallest absolute Gasteiger partial charge is 0.223 e. The Bertz CT molecular complexity index is 465. The molecule has 1 atom stereocenters. The summed E-state index contributed by atoms with van der Waals surface area (Å²) in [7, 11) is -1.25. The van der Waals surface area contributed by atoms with Gasteiger partial charge in [-0.3, -0.25) is 9.59 Å². The lowest BCUT2D eigenvalue weighted by molar-refractivity contribution is -0.128. The number of hydrogen-bond donors (Lipinski definition) is 2. The van der Waals surface area contributed by atoms with E-state index in [0.717, 1.165) is 38.5 Å². The van der Waals surface area contributed by atoms with Gasteiger partial charge in [-0.15, -0.1) is 0 Å². The molecule has 122 valence electrons. The molecule has 0 radical (unpaired) electrons. The van der Waals surface area contributed by atoms with Crippen molar-refractivity contribution in [2.24, 2.45) is 11.7 Å². The van der Waals surface area contributed by atoms with Crippen molar-refractivity contribution in [2.75, 3.05) is 19.1 Å². The van der Waals surface area contributed by atoms with Crippen LogP contribution < -0.4 is 11.1 Å². The highest BCUT2D eigenvalue weighted by Crippen LogP contribution is 2.25. The molecule has 0 aromatic carbocycles. The third kappa shape index (κ3) is 7.14. The molecule has 0 saturated heterocycles. The normalized spacial score (nSPS) is 17.5. The minimum absolute atomic E-state index is 0.00775. The topological polar surface area (TPSA) is 72.2 Å². The average molecular weight is 314 g/mol. The second-order valence-corrected chi connectivity index (χ2v) is 9.95. The maximum atomic E-state index is 12.4. The van der Waals surface area contributed by atoms with Crippen LogP contribution in [0.5, 0.6) is 0 Å². The number of carbonyl (C=O) groups is 2. The van der Waals surface area contributed by atoms with Gasteiger partial charge < -0.3 is 11.1 Å². The maximum Gasteiger partial charge on any atom is 0.223 e. The van der Waals surface area contributed by atoms with Gasteiger partial charge >= 0.3 is 0 Å². The van der Waals surface area contributed by atoms with E-state index in [-0.39, 0.29) is 17.6 Å². The standard InChI is InChI=1S/C16H30N2O2S/c1-21(2,3)12-15(19)14(10-6-7-11-17)18-16(20)13-8-4-5-9-13/h12-14H,1,4-11,17H2,2-3H3,(H,18,20). The summed E-state index contributed by atoms with van der Waals surface area (Å²) in [6.07, 6.45) is 10.5. The number of Topliss-reactive ketones (excluding diaryl/α,β-unsaturated/α-hetero) is 1. The molecule has 1 fully saturated rings. The Hall–Kier alpha value is -0.810. The lowest BCUT2D eigenvalue weighted by atomic mass is 10.0. The molecule has 0 aliphatic heterocycles. The number of nitrogens with one attached hydrogen (secondary N) is 1. The van der Waals surface area contributed by atoms with E-state index in [4.69, 9.17) is 5.73 Å². The first-order chi connectivity index (χ1) is 9.83. The minimum atomic E-state index is -1.25. The lowest BCUT2D eigenvalue weighted by Crippen LogP contribution is -2.43. The van der Waals surface area contributed by atoms with Crippen LogP contribution in [0, 0.1) is 5.92 Å². The molecule has 0 aromatic heterocycles. The number of nitrogens with two attached hydrogens (primary N) is 1. The van der Waals surface area contributed by atoms with Crippen molar-refractivity contribution in [1.29, 1.82) is 0 Å². The van der Waals surface area contributed by atoms with Crippen LogP contribution in [0.3, 0.4) is 0 Å². The van der Waals surface area contributed by atoms with Crippen molar-refractivity contribution in [3.63, 3.8) is 0 Å². The molecular weight excluding hydrogens is 284 g/mol. The van der Waals surface area contributed by atoms with Crippen LogP contribution in [-0.2, 0) is 9.59 Å². The minimum Gasteiger partial charge on any atom is -0.346 e. The SMILES string of the molecule is C=S(C)(C)=CC(=O)C(CCCCN)NC(=O)C1CCCC1. The highest BCUT2D eigenvalue weighted by atomic mass is 32.2. The van der Waals surface area contributed by atoms with E-state index in [1.54, 1.807) is 5.37 Å². The fraction of sp³-hybridized carbons (Fsp3) is 0.750. The first kappa shape index (κ1) is 18.2. The molecule has 1 unspecified atom stereocenters. The molecule has 0 bridgehead atoms. The first-order valence-electron chi connectivity index (χ1n) is 7.79. The summed E-state index contributed by atoms with van der Waals surface area (Å²) in [5.74, 6) is 4.17. The van der Waals surface area contributed by atoms with Crippen LogP contribution in [0.4, 0.5) is 0 Å². The van der Waals surface area contributed by atoms with Crippen molar-refractivity contribution < 1.29 is 9.59 Å². The number of unbranched alkanes of at least 4 members (excludes halogenated alkanes) is 1. The molecule has 4 nitrogen and oxygen atoms in total. The molecule has 5 heteroatoms. The van der Waals surface area contributed by atoms with E-state index in [1.165, 1.54) is 0 Å². The van der Waals surface area contributed by atoms with Gasteiger partial charge in [-0.25, -0.2) is 9.21 Å². The van der Waals surface area contributed by atoms with Crippen LogP contribution in [-0.4, -0.2) is 48.0 Å². The van der Waals surface area contributed by atoms with Crippen LogP contribution >= 0.6 is 9.21 Å². The van der Waals surface area contributed by atoms with E-state index in [1.807, 2.05) is 12.5 Å². The van der Waals surface area contributed by atoms with E-state index in [0.29, 0.717) is 13.0 Å². The Morgan fingerprint density at radius 1 is 1.33 bits per heavy atom. The second kappa shape index (κ2) is 8.59. The van der Waals surface area contributed by atoms with Gasteiger partial charge in [-0.2, -0.15) is 0 Å². The zero-order valence-corrected chi connectivity index (χ0v) is 14.2. The van der Waals surface area contributed by atoms with Gasteiger partial charge in [0.2, 0.25) is 5.91 Å². The van der Waals surface area contributed by atoms with Gasteiger partial charge in [0.25, 0.3) is 0 Å². The van der Waals surface area contributed by atoms with Crippen molar-refractivity contribution in [2.45, 2.75) is 51.0 Å². The Morgan fingerprint density at radius 2 is 1.95 bits per heavy atom. The average Bonchev–Trinajstić information content (AvgIpc) is 2.89. The summed E-state index contributed by atoms with van der Waals surface area (Å²) < 4.78 is 0. The molecule has 0 heterocycles. The van der Waals surface area contributed by atoms with Gasteiger partial charge in [0.05, 0.1) is 6.04 Å². The van der Waals surface area contributed by atoms with Crippen molar-refractivity contribution in [3.05, 3.63) is 0 Å². The van der Waals surface area contributed by atoms with Gasteiger partial charge in [0.15, 0.2) is 5.78 Å². The van der Waals surface area contributed by atoms with E-state index in [9.17, 15) is 9.59 Å². The number of hydrogen-bond acceptors (Lipinski definition) is 3. The third-order valence-electron chi connectivity index (χ3n) is 3.77. The Morgan fingerprint density at radius 3 is 2.48 bits per heavy atom. The lowest BCUT2D eigenvalue weighted by Gasteiger charge is -2.19. The van der Waals surface area contributed by atoms with Crippen LogP contribution in [0.2, 0.25) is 0 Å². The predicted octanol–water partition coefficient (Wildman–Crippen LogP) is 1.66. The molecule has 1 saturated carbocycles. The molecule has 1 rings (SSSR count). The van der Waals surface area contributed by atoms with Gasteiger partial charge in [-0.05, 0) is 51.2 Å². The number of amides is 1. The maximum absolute atomic E-state index is 12.4. The van der Waals surface area contributed by atoms with E-state index < -0.39 is 15.2 Å². The van der Waals surface area contributed by atoms with Crippen molar-refractivity contribution in [1.82, 2.24) is 5.32 Å². The summed E-state index contributed by atoms with van der Waals surface area (Å²) in [6, 6.07) is -0.404. The fourth-order valence-electron chi connectivity index (χ4n) is 2.65. The second-order valence-electron chi connectivity index (χ2n) is 6.47. The number of ketones is 1. The van der Waals surface area contributed by atoms with Crippen molar-refractivity contribution >= 4 is 32.1 Å². The number of carbonyl (C=O) groups excluding carboxylic acids is 2. The molecular formula is C16H30N2O2S. The molecule has 0 spiro atoms. The van der Waals surface area contributed by atoms with Crippen LogP contribution in [0.15, 0.2) is 0 Å². The monoisotopic (exact) mass is 314 g/mol. The van der Waals surface area contributed by atoms with Crippen molar-refractivity contribution in [3.8, 4) is 0 Å². The quantitative estimate of drug-likeness (QED) is 0.529. The van der Waals surface area contributed by atoms with E-state index in [2.05, 4.69) is 11.2 Å². The Kier molecular flexibility index (Phi) is 7.46. The van der Waals surface area contributed by atoms with E-state index >= 15 is 0 Å². The van der Waals surface area contributed by atoms with Crippen LogP contribution in [0.1, 0.15) is 44.9 Å². The Balaban J connectivity index is 2.69. The van der Waals surface area contributed by atoms with Gasteiger partial charge in [0, 0.05) is 11.3 Å². The number of rotatable bonds is 8.